The summed E-state index contributed by atoms with van der Waals surface area (Å²) in [6.07, 6.45) is 4.19. The minimum absolute atomic E-state index is 0.362. The lowest BCUT2D eigenvalue weighted by molar-refractivity contribution is 0.660. The SMILES string of the molecule is CN1C=CN(C)B1c1ccccc1. The zero-order chi connectivity index (χ0) is 9.26. The first kappa shape index (κ1) is 8.23. The van der Waals surface area contributed by atoms with Gasteiger partial charge in [0.1, 0.15) is 0 Å². The third-order valence-corrected chi connectivity index (χ3v) is 2.41. The Labute approximate surface area is 79.6 Å². The lowest BCUT2D eigenvalue weighted by Crippen LogP contribution is -2.49. The largest absolute Gasteiger partial charge is 0.410 e. The fourth-order valence-corrected chi connectivity index (χ4v) is 1.76. The van der Waals surface area contributed by atoms with Crippen molar-refractivity contribution in [3.63, 3.8) is 0 Å². The first-order chi connectivity index (χ1) is 6.29. The molecule has 1 heterocycles. The molecule has 13 heavy (non-hydrogen) atoms. The summed E-state index contributed by atoms with van der Waals surface area (Å²) >= 11 is 0. The van der Waals surface area contributed by atoms with Crippen molar-refractivity contribution in [3.05, 3.63) is 42.7 Å². The molecule has 0 saturated carbocycles. The van der Waals surface area contributed by atoms with Crippen molar-refractivity contribution in [2.24, 2.45) is 0 Å². The van der Waals surface area contributed by atoms with E-state index in [4.69, 9.17) is 0 Å². The molecule has 1 aliphatic heterocycles. The van der Waals surface area contributed by atoms with Crippen LogP contribution in [-0.4, -0.2) is 30.7 Å². The highest BCUT2D eigenvalue weighted by Gasteiger charge is 2.28. The summed E-state index contributed by atoms with van der Waals surface area (Å²) in [5.41, 5.74) is 1.33. The number of rotatable bonds is 1. The predicted octanol–water partition coefficient (Wildman–Crippen LogP) is 0.730. The van der Waals surface area contributed by atoms with Crippen molar-refractivity contribution in [1.29, 1.82) is 0 Å². The van der Waals surface area contributed by atoms with Crippen LogP contribution in [0.3, 0.4) is 0 Å². The molecular weight excluding hydrogens is 159 g/mol. The highest BCUT2D eigenvalue weighted by Crippen LogP contribution is 2.07. The molecule has 0 atom stereocenters. The normalized spacial score (nSPS) is 15.7. The maximum atomic E-state index is 2.20. The quantitative estimate of drug-likeness (QED) is 0.576. The molecule has 1 aromatic rings. The van der Waals surface area contributed by atoms with E-state index in [2.05, 4.69) is 60.4 Å². The second-order valence-corrected chi connectivity index (χ2v) is 3.41. The van der Waals surface area contributed by atoms with E-state index in [1.807, 2.05) is 6.07 Å². The molecule has 0 saturated heterocycles. The van der Waals surface area contributed by atoms with E-state index in [-0.39, 0.29) is 0 Å². The molecule has 66 valence electrons. The highest BCUT2D eigenvalue weighted by atomic mass is 15.2. The first-order valence-corrected chi connectivity index (χ1v) is 4.46. The number of benzene rings is 1. The summed E-state index contributed by atoms with van der Waals surface area (Å²) in [6.45, 7) is 0.362. The summed E-state index contributed by atoms with van der Waals surface area (Å²) in [4.78, 5) is 4.41. The molecule has 2 rings (SSSR count). The molecule has 2 nitrogen and oxygen atoms in total. The predicted molar refractivity (Wildman–Crippen MR) is 56.5 cm³/mol. The van der Waals surface area contributed by atoms with Crippen LogP contribution in [-0.2, 0) is 0 Å². The molecule has 0 spiro atoms. The van der Waals surface area contributed by atoms with Gasteiger partial charge >= 0.3 is 6.98 Å². The third-order valence-electron chi connectivity index (χ3n) is 2.41. The fraction of sp³-hybridized carbons (Fsp3) is 0.200. The fourth-order valence-electron chi connectivity index (χ4n) is 1.76. The number of hydrogen-bond acceptors (Lipinski definition) is 2. The molecule has 1 aromatic carbocycles. The lowest BCUT2D eigenvalue weighted by Gasteiger charge is -2.22. The van der Waals surface area contributed by atoms with E-state index >= 15 is 0 Å². The van der Waals surface area contributed by atoms with Crippen LogP contribution in [0.5, 0.6) is 0 Å². The van der Waals surface area contributed by atoms with Crippen LogP contribution in [0.4, 0.5) is 0 Å². The van der Waals surface area contributed by atoms with E-state index in [1.165, 1.54) is 5.46 Å². The van der Waals surface area contributed by atoms with Gasteiger partial charge in [0.15, 0.2) is 0 Å². The van der Waals surface area contributed by atoms with Crippen molar-refractivity contribution in [2.75, 3.05) is 14.1 Å². The standard InChI is InChI=1S/C10H13BN2/c1-12-8-9-13(2)11(12)10-6-4-3-5-7-10/h3-9H,1-2H3. The van der Waals surface area contributed by atoms with Gasteiger partial charge in [0.2, 0.25) is 0 Å². The molecule has 0 fully saturated rings. The third kappa shape index (κ3) is 1.42. The van der Waals surface area contributed by atoms with Crippen LogP contribution in [0.1, 0.15) is 0 Å². The summed E-state index contributed by atoms with van der Waals surface area (Å²) in [5.74, 6) is 0. The Morgan fingerprint density at radius 1 is 0.923 bits per heavy atom. The Bertz CT molecular complexity index is 298. The van der Waals surface area contributed by atoms with Crippen LogP contribution in [0, 0.1) is 0 Å². The zero-order valence-corrected chi connectivity index (χ0v) is 8.01. The van der Waals surface area contributed by atoms with Gasteiger partial charge in [-0.1, -0.05) is 30.3 Å². The van der Waals surface area contributed by atoms with E-state index in [0.29, 0.717) is 6.98 Å². The van der Waals surface area contributed by atoms with E-state index in [1.54, 1.807) is 0 Å². The summed E-state index contributed by atoms with van der Waals surface area (Å²) in [5, 5.41) is 0. The van der Waals surface area contributed by atoms with Gasteiger partial charge in [-0.2, -0.15) is 0 Å². The molecule has 0 bridgehead atoms. The lowest BCUT2D eigenvalue weighted by atomic mass is 9.66. The van der Waals surface area contributed by atoms with Gasteiger partial charge in [-0.05, 0) is 19.6 Å². The molecule has 0 radical (unpaired) electrons. The Kier molecular flexibility index (Phi) is 2.01. The van der Waals surface area contributed by atoms with Gasteiger partial charge < -0.3 is 9.62 Å². The monoisotopic (exact) mass is 172 g/mol. The average Bonchev–Trinajstić information content (AvgIpc) is 2.48. The summed E-state index contributed by atoms with van der Waals surface area (Å²) in [7, 11) is 4.19. The van der Waals surface area contributed by atoms with Gasteiger partial charge in [-0.3, -0.25) is 0 Å². The maximum Gasteiger partial charge on any atom is 0.410 e. The second kappa shape index (κ2) is 3.17. The van der Waals surface area contributed by atoms with Crippen molar-refractivity contribution < 1.29 is 0 Å². The van der Waals surface area contributed by atoms with Crippen LogP contribution >= 0.6 is 0 Å². The average molecular weight is 172 g/mol. The Morgan fingerprint density at radius 3 is 2.00 bits per heavy atom. The molecule has 0 N–H and O–H groups in total. The van der Waals surface area contributed by atoms with Gasteiger partial charge in [-0.25, -0.2) is 0 Å². The van der Waals surface area contributed by atoms with Gasteiger partial charge in [0.05, 0.1) is 0 Å². The van der Waals surface area contributed by atoms with E-state index < -0.39 is 0 Å². The van der Waals surface area contributed by atoms with Gasteiger partial charge in [-0.15, -0.1) is 0 Å². The van der Waals surface area contributed by atoms with E-state index in [0.717, 1.165) is 0 Å². The minimum atomic E-state index is 0.362. The Hall–Kier alpha value is -1.38. The molecule has 1 aliphatic rings. The summed E-state index contributed by atoms with van der Waals surface area (Å²) < 4.78 is 0. The van der Waals surface area contributed by atoms with Crippen molar-refractivity contribution in [2.45, 2.75) is 0 Å². The topological polar surface area (TPSA) is 6.48 Å². The number of nitrogens with zero attached hydrogens (tertiary/aromatic N) is 2. The number of hydrogen-bond donors (Lipinski definition) is 0. The minimum Gasteiger partial charge on any atom is -0.400 e. The van der Waals surface area contributed by atoms with Gasteiger partial charge in [0, 0.05) is 12.4 Å². The Balaban J connectivity index is 2.27. The summed E-state index contributed by atoms with van der Waals surface area (Å²) in [6, 6.07) is 10.5. The Morgan fingerprint density at radius 2 is 1.46 bits per heavy atom. The smallest absolute Gasteiger partial charge is 0.400 e. The van der Waals surface area contributed by atoms with Crippen molar-refractivity contribution >= 4 is 12.4 Å². The molecule has 0 aliphatic carbocycles. The molecule has 3 heteroatoms. The van der Waals surface area contributed by atoms with Crippen LogP contribution < -0.4 is 5.46 Å². The maximum absolute atomic E-state index is 2.20. The van der Waals surface area contributed by atoms with Crippen molar-refractivity contribution in [1.82, 2.24) is 9.62 Å². The van der Waals surface area contributed by atoms with Crippen LogP contribution in [0.15, 0.2) is 42.7 Å². The first-order valence-electron chi connectivity index (χ1n) is 4.46. The van der Waals surface area contributed by atoms with Crippen LogP contribution in [0.2, 0.25) is 0 Å². The van der Waals surface area contributed by atoms with E-state index in [9.17, 15) is 0 Å². The zero-order valence-electron chi connectivity index (χ0n) is 8.01. The van der Waals surface area contributed by atoms with Crippen molar-refractivity contribution in [3.8, 4) is 0 Å². The van der Waals surface area contributed by atoms with Crippen LogP contribution in [0.25, 0.3) is 0 Å². The highest BCUT2D eigenvalue weighted by molar-refractivity contribution is 6.69. The van der Waals surface area contributed by atoms with Gasteiger partial charge in [0.25, 0.3) is 0 Å². The molecule has 0 amide bonds. The molecule has 0 aromatic heterocycles. The second-order valence-electron chi connectivity index (χ2n) is 3.41. The molecule has 0 unspecified atom stereocenters. The molecular formula is C10H13BN2.